The molecule has 2 heterocycles. The fraction of sp³-hybridized carbons (Fsp3) is 0.0455. The van der Waals surface area contributed by atoms with E-state index >= 15 is 0 Å². The van der Waals surface area contributed by atoms with Gasteiger partial charge in [-0.25, -0.2) is 0 Å². The van der Waals surface area contributed by atoms with Crippen LogP contribution in [0.5, 0.6) is 0 Å². The maximum atomic E-state index is 6.58. The van der Waals surface area contributed by atoms with E-state index in [-0.39, 0.29) is 5.66 Å². The molecule has 1 unspecified atom stereocenters. The molecule has 2 aromatic heterocycles. The first kappa shape index (κ1) is 29.0. The second kappa shape index (κ2) is 11.5. The molecule has 7 aromatic carbocycles. The van der Waals surface area contributed by atoms with Crippen LogP contribution >= 0.6 is 18.9 Å². The summed E-state index contributed by atoms with van der Waals surface area (Å²) in [6.45, 7) is 2.45. The molecule has 0 amide bonds. The molecule has 9 aromatic rings. The van der Waals surface area contributed by atoms with Crippen molar-refractivity contribution in [1.82, 2.24) is 9.55 Å². The van der Waals surface area contributed by atoms with Gasteiger partial charge in [0, 0.05) is 0 Å². The number of aromatic amines is 1. The Labute approximate surface area is 285 Å². The topological polar surface area (TPSA) is 20.7 Å². The molecule has 0 aliphatic heterocycles. The number of nitrogens with one attached hydrogen (secondary N) is 1. The Balaban J connectivity index is 1.38. The predicted octanol–water partition coefficient (Wildman–Crippen LogP) is 10.9. The van der Waals surface area contributed by atoms with Gasteiger partial charge in [-0.05, 0) is 0 Å². The van der Waals surface area contributed by atoms with Gasteiger partial charge in [-0.3, -0.25) is 0 Å². The Bertz CT molecular complexity index is 2480. The molecule has 0 saturated heterocycles. The normalized spacial score (nSPS) is 13.0. The van der Waals surface area contributed by atoms with E-state index in [1.165, 1.54) is 48.7 Å². The Morgan fingerprint density at radius 1 is 0.521 bits per heavy atom. The van der Waals surface area contributed by atoms with E-state index in [0.29, 0.717) is 0 Å². The molecule has 48 heavy (non-hydrogen) atoms. The molecule has 0 aliphatic rings. The average Bonchev–Trinajstić information content (AvgIpc) is 3.68. The monoisotopic (exact) mass is 656 g/mol. The third-order valence-corrected chi connectivity index (χ3v) is 15.9. The van der Waals surface area contributed by atoms with Gasteiger partial charge < -0.3 is 0 Å². The number of nitrogens with zero attached hydrogens (tertiary/aromatic N) is 1. The zero-order valence-corrected chi connectivity index (χ0v) is 28.3. The SMILES string of the molecule is CC(c1ccc2c3c4c(ccc3n(-c3ccccc3)c2c1)[nH]c1ccc(Cl)cc14)[PH](c1ccccc1)(c1ccccc1)c1ccccc1. The van der Waals surface area contributed by atoms with Crippen LogP contribution in [-0.2, 0) is 0 Å². The van der Waals surface area contributed by atoms with Gasteiger partial charge in [0.05, 0.1) is 0 Å². The van der Waals surface area contributed by atoms with Gasteiger partial charge in [0.15, 0.2) is 0 Å². The fourth-order valence-corrected chi connectivity index (χ4v) is 13.7. The van der Waals surface area contributed by atoms with Crippen molar-refractivity contribution < 1.29 is 0 Å². The molecule has 9 rings (SSSR count). The molecular formula is C44H34ClN2P. The van der Waals surface area contributed by atoms with E-state index in [1.807, 2.05) is 6.07 Å². The standard InChI is InChI=1S/C44H34ClN2P/c1-30(48(34-16-8-3-9-17-34,35-18-10-4-11-19-35)36-20-12-5-13-21-36)31-22-24-37-42(28-31)47(33-14-6-2-7-15-33)41-27-26-40-43(44(37)41)38-29-32(45)23-25-39(38)46-40/h2-30,46,48H,1H3. The van der Waals surface area contributed by atoms with Crippen LogP contribution in [0, 0.1) is 0 Å². The van der Waals surface area contributed by atoms with Gasteiger partial charge in [-0.2, -0.15) is 0 Å². The minimum atomic E-state index is -2.60. The quantitative estimate of drug-likeness (QED) is 0.172. The zero-order chi connectivity index (χ0) is 32.2. The van der Waals surface area contributed by atoms with Crippen molar-refractivity contribution in [3.8, 4) is 5.69 Å². The average molecular weight is 657 g/mol. The molecule has 0 spiro atoms. The van der Waals surface area contributed by atoms with E-state index in [0.717, 1.165) is 27.1 Å². The van der Waals surface area contributed by atoms with Crippen molar-refractivity contribution in [1.29, 1.82) is 0 Å². The summed E-state index contributed by atoms with van der Waals surface area (Å²) >= 11 is 6.58. The van der Waals surface area contributed by atoms with Gasteiger partial charge >= 0.3 is 287 Å². The van der Waals surface area contributed by atoms with E-state index in [4.69, 9.17) is 11.6 Å². The fourth-order valence-electron chi connectivity index (χ4n) is 8.21. The number of aromatic nitrogens is 2. The Morgan fingerprint density at radius 3 is 1.69 bits per heavy atom. The van der Waals surface area contributed by atoms with Gasteiger partial charge in [0.2, 0.25) is 0 Å². The molecular weight excluding hydrogens is 623 g/mol. The minimum absolute atomic E-state index is 0.225. The number of halogens is 1. The summed E-state index contributed by atoms with van der Waals surface area (Å²) in [4.78, 5) is 3.65. The zero-order valence-electron chi connectivity index (χ0n) is 26.6. The molecule has 0 aliphatic carbocycles. The second-order valence-electron chi connectivity index (χ2n) is 12.8. The van der Waals surface area contributed by atoms with Crippen molar-refractivity contribution in [3.63, 3.8) is 0 Å². The van der Waals surface area contributed by atoms with Gasteiger partial charge in [-0.1, -0.05) is 0 Å². The summed E-state index contributed by atoms with van der Waals surface area (Å²) in [7, 11) is -2.60. The van der Waals surface area contributed by atoms with E-state index in [2.05, 4.69) is 180 Å². The van der Waals surface area contributed by atoms with E-state index < -0.39 is 7.26 Å². The van der Waals surface area contributed by atoms with E-state index in [1.54, 1.807) is 0 Å². The summed E-state index contributed by atoms with van der Waals surface area (Å²) < 4.78 is 2.44. The van der Waals surface area contributed by atoms with E-state index in [9.17, 15) is 0 Å². The number of H-pyrrole nitrogens is 1. The number of benzene rings is 7. The number of para-hydroxylation sites is 1. The van der Waals surface area contributed by atoms with Crippen LogP contribution in [0.4, 0.5) is 0 Å². The van der Waals surface area contributed by atoms with Crippen LogP contribution in [0.3, 0.4) is 0 Å². The van der Waals surface area contributed by atoms with Gasteiger partial charge in [-0.15, -0.1) is 0 Å². The van der Waals surface area contributed by atoms with Crippen molar-refractivity contribution in [3.05, 3.63) is 180 Å². The third-order valence-electron chi connectivity index (χ3n) is 10.3. The van der Waals surface area contributed by atoms with Crippen LogP contribution in [0.1, 0.15) is 18.1 Å². The summed E-state index contributed by atoms with van der Waals surface area (Å²) in [6, 6.07) is 62.3. The van der Waals surface area contributed by atoms with Gasteiger partial charge in [0.25, 0.3) is 0 Å². The molecule has 0 bridgehead atoms. The summed E-state index contributed by atoms with van der Waals surface area (Å²) in [6.07, 6.45) is 0. The molecule has 2 nitrogen and oxygen atoms in total. The van der Waals surface area contributed by atoms with Crippen molar-refractivity contribution in [2.45, 2.75) is 12.6 Å². The van der Waals surface area contributed by atoms with Crippen LogP contribution in [-0.4, -0.2) is 9.55 Å². The molecule has 0 fully saturated rings. The van der Waals surface area contributed by atoms with Crippen LogP contribution in [0.2, 0.25) is 5.02 Å². The number of hydrogen-bond donors (Lipinski definition) is 1. The first-order valence-electron chi connectivity index (χ1n) is 16.5. The number of fused-ring (bicyclic) bond motifs is 7. The molecule has 4 heteroatoms. The summed E-state index contributed by atoms with van der Waals surface area (Å²) in [5.74, 6) is 0. The van der Waals surface area contributed by atoms with Crippen molar-refractivity contribution in [2.75, 3.05) is 0 Å². The maximum absolute atomic E-state index is 6.58. The molecule has 0 radical (unpaired) electrons. The first-order chi connectivity index (χ1) is 23.6. The first-order valence-corrected chi connectivity index (χ1v) is 19.0. The molecule has 1 N–H and O–H groups in total. The molecule has 232 valence electrons. The second-order valence-corrected chi connectivity index (χ2v) is 17.4. The van der Waals surface area contributed by atoms with Crippen molar-refractivity contribution in [2.24, 2.45) is 0 Å². The van der Waals surface area contributed by atoms with Crippen LogP contribution < -0.4 is 15.9 Å². The summed E-state index contributed by atoms with van der Waals surface area (Å²) in [5.41, 5.74) is 7.32. The van der Waals surface area contributed by atoms with Crippen LogP contribution in [0.15, 0.2) is 170 Å². The Kier molecular flexibility index (Phi) is 6.97. The predicted molar refractivity (Wildman–Crippen MR) is 210 cm³/mol. The Hall–Kier alpha value is -5.14. The summed E-state index contributed by atoms with van der Waals surface area (Å²) in [5, 5.41) is 9.83. The third kappa shape index (κ3) is 4.37. The van der Waals surface area contributed by atoms with Crippen LogP contribution in [0.25, 0.3) is 49.3 Å². The van der Waals surface area contributed by atoms with Gasteiger partial charge in [0.1, 0.15) is 0 Å². The molecule has 0 saturated carbocycles. The Morgan fingerprint density at radius 2 is 1.08 bits per heavy atom. The van der Waals surface area contributed by atoms with Crippen molar-refractivity contribution >= 4 is 78.4 Å². The molecule has 1 atom stereocenters. The number of rotatable bonds is 6. The number of hydrogen-bond acceptors (Lipinski definition) is 0.